The van der Waals surface area contributed by atoms with E-state index >= 15 is 0 Å². The number of aryl methyl sites for hydroxylation is 1. The smallest absolute Gasteiger partial charge is 0.254 e. The molecule has 2 aromatic rings. The average Bonchev–Trinajstić information content (AvgIpc) is 2.68. The van der Waals surface area contributed by atoms with Gasteiger partial charge < -0.3 is 9.80 Å². The summed E-state index contributed by atoms with van der Waals surface area (Å²) >= 11 is 5.95. The summed E-state index contributed by atoms with van der Waals surface area (Å²) < 4.78 is 26.3. The van der Waals surface area contributed by atoms with Crippen molar-refractivity contribution >= 4 is 23.4 Å². The van der Waals surface area contributed by atoms with Gasteiger partial charge in [-0.05, 0) is 42.3 Å². The minimum atomic E-state index is -1.05. The lowest BCUT2D eigenvalue weighted by Gasteiger charge is -2.35. The van der Waals surface area contributed by atoms with Crippen LogP contribution in [0.5, 0.6) is 0 Å². The van der Waals surface area contributed by atoms with Crippen molar-refractivity contribution in [1.82, 2.24) is 9.80 Å². The maximum absolute atomic E-state index is 13.3. The summed E-state index contributed by atoms with van der Waals surface area (Å²) in [7, 11) is 0. The normalized spacial score (nSPS) is 14.3. The van der Waals surface area contributed by atoms with E-state index in [1.807, 2.05) is 18.2 Å². The van der Waals surface area contributed by atoms with Gasteiger partial charge in [-0.15, -0.1) is 0 Å². The third-order valence-corrected chi connectivity index (χ3v) is 4.84. The third-order valence-electron chi connectivity index (χ3n) is 4.60. The van der Waals surface area contributed by atoms with E-state index in [0.717, 1.165) is 17.7 Å². The van der Waals surface area contributed by atoms with Crippen molar-refractivity contribution < 1.29 is 18.4 Å². The Morgan fingerprint density at radius 2 is 1.63 bits per heavy atom. The number of benzene rings is 2. The van der Waals surface area contributed by atoms with Gasteiger partial charge in [0.05, 0.1) is 0 Å². The molecule has 142 valence electrons. The lowest BCUT2D eigenvalue weighted by molar-refractivity contribution is -0.132. The van der Waals surface area contributed by atoms with Crippen LogP contribution in [0.2, 0.25) is 5.02 Å². The zero-order valence-electron chi connectivity index (χ0n) is 14.6. The monoisotopic (exact) mass is 392 g/mol. The lowest BCUT2D eigenvalue weighted by atomic mass is 10.1. The van der Waals surface area contributed by atoms with Crippen LogP contribution in [0.15, 0.2) is 42.5 Å². The van der Waals surface area contributed by atoms with Crippen LogP contribution in [0, 0.1) is 11.6 Å². The zero-order chi connectivity index (χ0) is 19.4. The maximum atomic E-state index is 13.3. The highest BCUT2D eigenvalue weighted by molar-refractivity contribution is 6.30. The van der Waals surface area contributed by atoms with Crippen molar-refractivity contribution in [3.8, 4) is 0 Å². The molecule has 1 fully saturated rings. The number of hydrogen-bond donors (Lipinski definition) is 0. The first kappa shape index (κ1) is 19.3. The second kappa shape index (κ2) is 8.48. The Hall–Kier alpha value is -2.47. The summed E-state index contributed by atoms with van der Waals surface area (Å²) in [5, 5.41) is 0.643. The molecule has 0 aliphatic carbocycles. The van der Waals surface area contributed by atoms with Crippen LogP contribution in [-0.4, -0.2) is 47.8 Å². The Morgan fingerprint density at radius 1 is 0.926 bits per heavy atom. The van der Waals surface area contributed by atoms with E-state index in [2.05, 4.69) is 0 Å². The van der Waals surface area contributed by atoms with Gasteiger partial charge in [-0.3, -0.25) is 9.59 Å². The van der Waals surface area contributed by atoms with Gasteiger partial charge in [-0.1, -0.05) is 23.7 Å². The molecule has 7 heteroatoms. The fourth-order valence-electron chi connectivity index (χ4n) is 3.07. The van der Waals surface area contributed by atoms with Gasteiger partial charge >= 0.3 is 0 Å². The predicted molar refractivity (Wildman–Crippen MR) is 98.6 cm³/mol. The average molecular weight is 393 g/mol. The second-order valence-electron chi connectivity index (χ2n) is 6.43. The van der Waals surface area contributed by atoms with Gasteiger partial charge in [0.15, 0.2) is 11.6 Å². The lowest BCUT2D eigenvalue weighted by Crippen LogP contribution is -2.50. The molecule has 0 bridgehead atoms. The molecule has 0 unspecified atom stereocenters. The topological polar surface area (TPSA) is 40.6 Å². The first-order valence-corrected chi connectivity index (χ1v) is 9.08. The number of amides is 2. The number of carbonyl (C=O) groups excluding carboxylic acids is 2. The Bertz CT molecular complexity index is 852. The van der Waals surface area contributed by atoms with Crippen molar-refractivity contribution in [3.63, 3.8) is 0 Å². The molecule has 27 heavy (non-hydrogen) atoms. The summed E-state index contributed by atoms with van der Waals surface area (Å²) in [5.74, 6) is -2.37. The van der Waals surface area contributed by atoms with Crippen molar-refractivity contribution in [2.24, 2.45) is 0 Å². The Balaban J connectivity index is 1.51. The zero-order valence-corrected chi connectivity index (χ0v) is 15.4. The first-order chi connectivity index (χ1) is 12.9. The standard InChI is InChI=1S/C20H19ClF2N2O2/c21-16-3-1-2-14(12-16)4-7-19(26)24-8-10-25(11-9-24)20(27)15-5-6-17(22)18(23)13-15/h1-3,5-6,12-13H,4,7-11H2. The van der Waals surface area contributed by atoms with Crippen molar-refractivity contribution in [3.05, 3.63) is 70.2 Å². The molecule has 4 nitrogen and oxygen atoms in total. The molecule has 1 saturated heterocycles. The van der Waals surface area contributed by atoms with Gasteiger partial charge in [0.2, 0.25) is 5.91 Å². The Labute approximate surface area is 161 Å². The quantitative estimate of drug-likeness (QED) is 0.798. The van der Waals surface area contributed by atoms with E-state index in [9.17, 15) is 18.4 Å². The van der Waals surface area contributed by atoms with Gasteiger partial charge in [-0.2, -0.15) is 0 Å². The Morgan fingerprint density at radius 3 is 2.30 bits per heavy atom. The van der Waals surface area contributed by atoms with E-state index in [1.165, 1.54) is 6.07 Å². The van der Waals surface area contributed by atoms with E-state index < -0.39 is 11.6 Å². The van der Waals surface area contributed by atoms with Crippen LogP contribution < -0.4 is 0 Å². The highest BCUT2D eigenvalue weighted by atomic mass is 35.5. The number of halogens is 3. The summed E-state index contributed by atoms with van der Waals surface area (Å²) in [5.41, 5.74) is 1.11. The van der Waals surface area contributed by atoms with E-state index in [4.69, 9.17) is 11.6 Å². The molecule has 3 rings (SSSR count). The SMILES string of the molecule is O=C(CCc1cccc(Cl)c1)N1CCN(C(=O)c2ccc(F)c(F)c2)CC1. The summed E-state index contributed by atoms with van der Waals surface area (Å²) in [4.78, 5) is 28.1. The molecule has 1 heterocycles. The van der Waals surface area contributed by atoms with Crippen LogP contribution >= 0.6 is 11.6 Å². The molecule has 0 atom stereocenters. The molecule has 1 aliphatic heterocycles. The summed E-state index contributed by atoms with van der Waals surface area (Å²) in [6.07, 6.45) is 0.977. The molecule has 0 saturated carbocycles. The van der Waals surface area contributed by atoms with E-state index in [-0.39, 0.29) is 17.4 Å². The molecule has 2 amide bonds. The van der Waals surface area contributed by atoms with E-state index in [0.29, 0.717) is 44.0 Å². The predicted octanol–water partition coefficient (Wildman–Crippen LogP) is 3.54. The third kappa shape index (κ3) is 4.83. The summed E-state index contributed by atoms with van der Waals surface area (Å²) in [6.45, 7) is 1.56. The molecule has 0 radical (unpaired) electrons. The van der Waals surface area contributed by atoms with Crippen LogP contribution in [0.1, 0.15) is 22.3 Å². The number of rotatable bonds is 4. The van der Waals surface area contributed by atoms with Crippen LogP contribution in [0.4, 0.5) is 8.78 Å². The van der Waals surface area contributed by atoms with Crippen LogP contribution in [0.3, 0.4) is 0 Å². The number of nitrogens with zero attached hydrogens (tertiary/aromatic N) is 2. The number of piperazine rings is 1. The summed E-state index contributed by atoms with van der Waals surface area (Å²) in [6, 6.07) is 10.5. The van der Waals surface area contributed by atoms with Crippen LogP contribution in [0.25, 0.3) is 0 Å². The van der Waals surface area contributed by atoms with E-state index in [1.54, 1.807) is 15.9 Å². The first-order valence-electron chi connectivity index (χ1n) is 8.70. The van der Waals surface area contributed by atoms with Gasteiger partial charge in [0.25, 0.3) is 5.91 Å². The molecule has 0 aromatic heterocycles. The molecular weight excluding hydrogens is 374 g/mol. The van der Waals surface area contributed by atoms with Crippen molar-refractivity contribution in [1.29, 1.82) is 0 Å². The minimum Gasteiger partial charge on any atom is -0.339 e. The Kier molecular flexibility index (Phi) is 6.06. The number of carbonyl (C=O) groups is 2. The fraction of sp³-hybridized carbons (Fsp3) is 0.300. The highest BCUT2D eigenvalue weighted by Gasteiger charge is 2.25. The van der Waals surface area contributed by atoms with Crippen LogP contribution in [-0.2, 0) is 11.2 Å². The molecular formula is C20H19ClF2N2O2. The minimum absolute atomic E-state index is 0.0231. The molecule has 0 N–H and O–H groups in total. The molecule has 1 aliphatic rings. The fourth-order valence-corrected chi connectivity index (χ4v) is 3.29. The van der Waals surface area contributed by atoms with Gasteiger partial charge in [-0.25, -0.2) is 8.78 Å². The second-order valence-corrected chi connectivity index (χ2v) is 6.87. The molecule has 2 aromatic carbocycles. The number of hydrogen-bond acceptors (Lipinski definition) is 2. The van der Waals surface area contributed by atoms with Gasteiger partial charge in [0, 0.05) is 43.2 Å². The van der Waals surface area contributed by atoms with Crippen molar-refractivity contribution in [2.75, 3.05) is 26.2 Å². The van der Waals surface area contributed by atoms with Crippen molar-refractivity contribution in [2.45, 2.75) is 12.8 Å². The molecule has 0 spiro atoms. The largest absolute Gasteiger partial charge is 0.339 e. The maximum Gasteiger partial charge on any atom is 0.254 e. The van der Waals surface area contributed by atoms with Gasteiger partial charge in [0.1, 0.15) is 0 Å². The highest BCUT2D eigenvalue weighted by Crippen LogP contribution is 2.15.